The number of carbonyl (C=O) groups excluding carboxylic acids is 1. The number of hydrogen-bond donors (Lipinski definition) is 1. The van der Waals surface area contributed by atoms with Crippen LogP contribution in [-0.2, 0) is 14.3 Å². The van der Waals surface area contributed by atoms with Gasteiger partial charge in [-0.3, -0.25) is 9.69 Å². The molecule has 1 aromatic heterocycles. The summed E-state index contributed by atoms with van der Waals surface area (Å²) < 4.78 is 12.7. The molecule has 3 heterocycles. The Kier molecular flexibility index (Phi) is 5.16. The number of fused-ring (bicyclic) bond motifs is 1. The lowest BCUT2D eigenvalue weighted by Crippen LogP contribution is -2.58. The fourth-order valence-corrected chi connectivity index (χ4v) is 5.16. The topological polar surface area (TPSA) is 63.7 Å². The van der Waals surface area contributed by atoms with Crippen LogP contribution in [0, 0.1) is 0 Å². The highest BCUT2D eigenvalue weighted by Gasteiger charge is 2.47. The number of piperidine rings is 1. The number of hydrogen-bond acceptors (Lipinski definition) is 6. The molecule has 1 N–H and O–H groups in total. The summed E-state index contributed by atoms with van der Waals surface area (Å²) in [5, 5.41) is 4.19. The van der Waals surface area contributed by atoms with E-state index < -0.39 is 0 Å². The SMILES string of the molecule is COC1CCN(CC(=O)Nc2nc3ccc(Cl)cc3s2)CC12CCCO2. The first-order valence-electron chi connectivity index (χ1n) is 8.83. The number of ether oxygens (including phenoxy) is 2. The molecule has 140 valence electrons. The Morgan fingerprint density at radius 2 is 2.46 bits per heavy atom. The Labute approximate surface area is 161 Å². The standard InChI is InChI=1S/C18H22ClN3O3S/c1-24-15-5-7-22(11-18(15)6-2-8-25-18)10-16(23)21-17-20-13-4-3-12(19)9-14(13)26-17/h3-4,9,15H,2,5-8,10-11H2,1H3,(H,20,21,23). The molecular formula is C18H22ClN3O3S. The van der Waals surface area contributed by atoms with Gasteiger partial charge in [-0.05, 0) is 37.5 Å². The molecule has 2 aliphatic heterocycles. The molecule has 2 saturated heterocycles. The van der Waals surface area contributed by atoms with Gasteiger partial charge < -0.3 is 14.8 Å². The number of benzene rings is 1. The molecule has 1 aromatic carbocycles. The Balaban J connectivity index is 1.39. The molecule has 2 unspecified atom stereocenters. The molecule has 1 amide bonds. The Morgan fingerprint density at radius 3 is 3.23 bits per heavy atom. The number of anilines is 1. The van der Waals surface area contributed by atoms with E-state index in [2.05, 4.69) is 15.2 Å². The summed E-state index contributed by atoms with van der Waals surface area (Å²) in [5.74, 6) is -0.0563. The molecule has 4 rings (SSSR count). The number of halogens is 1. The van der Waals surface area contributed by atoms with Crippen LogP contribution < -0.4 is 5.32 Å². The summed E-state index contributed by atoms with van der Waals surface area (Å²) >= 11 is 7.44. The number of nitrogens with zero attached hydrogens (tertiary/aromatic N) is 2. The van der Waals surface area contributed by atoms with Crippen LogP contribution in [0.2, 0.25) is 5.02 Å². The molecule has 8 heteroatoms. The molecule has 0 bridgehead atoms. The highest BCUT2D eigenvalue weighted by Crippen LogP contribution is 2.36. The third-order valence-electron chi connectivity index (χ3n) is 5.17. The van der Waals surface area contributed by atoms with E-state index >= 15 is 0 Å². The average molecular weight is 396 g/mol. The molecule has 0 saturated carbocycles. The number of aromatic nitrogens is 1. The number of nitrogens with one attached hydrogen (secondary N) is 1. The second-order valence-corrected chi connectivity index (χ2v) is 8.39. The summed E-state index contributed by atoms with van der Waals surface area (Å²) in [6.07, 6.45) is 3.03. The summed E-state index contributed by atoms with van der Waals surface area (Å²) in [4.78, 5) is 19.1. The molecule has 2 fully saturated rings. The number of likely N-dealkylation sites (tertiary alicyclic amines) is 1. The fourth-order valence-electron chi connectivity index (χ4n) is 4.00. The lowest BCUT2D eigenvalue weighted by Gasteiger charge is -2.44. The first-order valence-corrected chi connectivity index (χ1v) is 10.0. The minimum atomic E-state index is -0.264. The maximum atomic E-state index is 12.5. The summed E-state index contributed by atoms with van der Waals surface area (Å²) in [7, 11) is 1.75. The summed E-state index contributed by atoms with van der Waals surface area (Å²) in [6.45, 7) is 2.66. The molecule has 2 atom stereocenters. The predicted molar refractivity (Wildman–Crippen MR) is 103 cm³/mol. The van der Waals surface area contributed by atoms with Crippen LogP contribution in [-0.4, -0.2) is 60.8 Å². The van der Waals surface area contributed by atoms with Gasteiger partial charge in [-0.2, -0.15) is 0 Å². The normalized spacial score (nSPS) is 26.6. The van der Waals surface area contributed by atoms with Gasteiger partial charge in [0.2, 0.25) is 5.91 Å². The number of methoxy groups -OCH3 is 1. The van der Waals surface area contributed by atoms with Gasteiger partial charge >= 0.3 is 0 Å². The summed E-state index contributed by atoms with van der Waals surface area (Å²) in [5.41, 5.74) is 0.578. The monoisotopic (exact) mass is 395 g/mol. The fraction of sp³-hybridized carbons (Fsp3) is 0.556. The van der Waals surface area contributed by atoms with Crippen molar-refractivity contribution in [3.05, 3.63) is 23.2 Å². The van der Waals surface area contributed by atoms with Gasteiger partial charge in [0.25, 0.3) is 0 Å². The van der Waals surface area contributed by atoms with E-state index in [-0.39, 0.29) is 17.6 Å². The van der Waals surface area contributed by atoms with E-state index in [4.69, 9.17) is 21.1 Å². The van der Waals surface area contributed by atoms with Crippen molar-refractivity contribution in [1.82, 2.24) is 9.88 Å². The third kappa shape index (κ3) is 3.59. The lowest BCUT2D eigenvalue weighted by atomic mass is 9.87. The molecule has 0 aliphatic carbocycles. The highest BCUT2D eigenvalue weighted by atomic mass is 35.5. The van der Waals surface area contributed by atoms with Crippen molar-refractivity contribution < 1.29 is 14.3 Å². The van der Waals surface area contributed by atoms with Gasteiger partial charge in [0.15, 0.2) is 5.13 Å². The van der Waals surface area contributed by atoms with E-state index in [1.807, 2.05) is 12.1 Å². The quantitative estimate of drug-likeness (QED) is 0.861. The van der Waals surface area contributed by atoms with Crippen LogP contribution >= 0.6 is 22.9 Å². The van der Waals surface area contributed by atoms with Gasteiger partial charge in [0, 0.05) is 31.8 Å². The molecular weight excluding hydrogens is 374 g/mol. The van der Waals surface area contributed by atoms with E-state index in [1.165, 1.54) is 11.3 Å². The van der Waals surface area contributed by atoms with E-state index in [1.54, 1.807) is 13.2 Å². The average Bonchev–Trinajstić information content (AvgIpc) is 3.21. The molecule has 2 aromatic rings. The van der Waals surface area contributed by atoms with Crippen molar-refractivity contribution >= 4 is 44.2 Å². The largest absolute Gasteiger partial charge is 0.378 e. The minimum Gasteiger partial charge on any atom is -0.378 e. The first-order chi connectivity index (χ1) is 12.6. The number of rotatable bonds is 4. The van der Waals surface area contributed by atoms with Crippen molar-refractivity contribution in [2.75, 3.05) is 38.7 Å². The zero-order chi connectivity index (χ0) is 18.1. The molecule has 1 spiro atoms. The Hall–Kier alpha value is -1.25. The first kappa shape index (κ1) is 18.1. The third-order valence-corrected chi connectivity index (χ3v) is 6.34. The van der Waals surface area contributed by atoms with Crippen molar-refractivity contribution in [3.8, 4) is 0 Å². The van der Waals surface area contributed by atoms with Gasteiger partial charge in [0.1, 0.15) is 5.60 Å². The zero-order valence-corrected chi connectivity index (χ0v) is 16.2. The second-order valence-electron chi connectivity index (χ2n) is 6.92. The van der Waals surface area contributed by atoms with E-state index in [0.717, 1.165) is 49.2 Å². The van der Waals surface area contributed by atoms with Crippen LogP contribution in [0.15, 0.2) is 18.2 Å². The molecule has 2 aliphatic rings. The molecule has 6 nitrogen and oxygen atoms in total. The van der Waals surface area contributed by atoms with Crippen LogP contribution in [0.5, 0.6) is 0 Å². The molecule has 0 radical (unpaired) electrons. The van der Waals surface area contributed by atoms with Gasteiger partial charge in [-0.1, -0.05) is 22.9 Å². The van der Waals surface area contributed by atoms with Gasteiger partial charge in [0.05, 0.1) is 22.9 Å². The Bertz CT molecular complexity index is 806. The van der Waals surface area contributed by atoms with Crippen LogP contribution in [0.3, 0.4) is 0 Å². The van der Waals surface area contributed by atoms with Crippen LogP contribution in [0.25, 0.3) is 10.2 Å². The highest BCUT2D eigenvalue weighted by molar-refractivity contribution is 7.22. The van der Waals surface area contributed by atoms with Crippen molar-refractivity contribution in [1.29, 1.82) is 0 Å². The summed E-state index contributed by atoms with van der Waals surface area (Å²) in [6, 6.07) is 5.53. The van der Waals surface area contributed by atoms with Crippen LogP contribution in [0.1, 0.15) is 19.3 Å². The molecule has 26 heavy (non-hydrogen) atoms. The maximum absolute atomic E-state index is 12.5. The van der Waals surface area contributed by atoms with Crippen molar-refractivity contribution in [2.24, 2.45) is 0 Å². The smallest absolute Gasteiger partial charge is 0.240 e. The van der Waals surface area contributed by atoms with Crippen molar-refractivity contribution in [2.45, 2.75) is 31.0 Å². The zero-order valence-electron chi connectivity index (χ0n) is 14.7. The number of carbonyl (C=O) groups is 1. The van der Waals surface area contributed by atoms with E-state index in [9.17, 15) is 4.79 Å². The van der Waals surface area contributed by atoms with Crippen molar-refractivity contribution in [3.63, 3.8) is 0 Å². The van der Waals surface area contributed by atoms with Gasteiger partial charge in [-0.15, -0.1) is 0 Å². The minimum absolute atomic E-state index is 0.0563. The Morgan fingerprint density at radius 1 is 1.58 bits per heavy atom. The number of amides is 1. The van der Waals surface area contributed by atoms with Crippen LogP contribution in [0.4, 0.5) is 5.13 Å². The number of thiazole rings is 1. The van der Waals surface area contributed by atoms with Gasteiger partial charge in [-0.25, -0.2) is 4.98 Å². The maximum Gasteiger partial charge on any atom is 0.240 e. The van der Waals surface area contributed by atoms with E-state index in [0.29, 0.717) is 16.7 Å². The predicted octanol–water partition coefficient (Wildman–Crippen LogP) is 3.16. The second kappa shape index (κ2) is 7.40. The lowest BCUT2D eigenvalue weighted by molar-refractivity contribution is -0.146.